The molecule has 0 aliphatic carbocycles. The Morgan fingerprint density at radius 2 is 2.11 bits per heavy atom. The zero-order valence-corrected chi connectivity index (χ0v) is 10.6. The summed E-state index contributed by atoms with van der Waals surface area (Å²) in [6.45, 7) is 2.43. The molecule has 3 heterocycles. The second-order valence-corrected chi connectivity index (χ2v) is 4.90. The van der Waals surface area contributed by atoms with E-state index in [1.165, 1.54) is 43.3 Å². The van der Waals surface area contributed by atoms with Crippen LogP contribution >= 0.6 is 0 Å². The average molecular weight is 241 g/mol. The number of H-pyrrole nitrogens is 1. The number of aromatic amines is 1. The molecule has 0 radical (unpaired) electrons. The van der Waals surface area contributed by atoms with Crippen molar-refractivity contribution >= 4 is 11.0 Å². The highest BCUT2D eigenvalue weighted by Crippen LogP contribution is 2.16. The van der Waals surface area contributed by atoms with Gasteiger partial charge in [-0.05, 0) is 49.6 Å². The fourth-order valence-corrected chi connectivity index (χ4v) is 2.59. The number of nitrogens with zero attached hydrogens (tertiary/aromatic N) is 2. The molecule has 2 aromatic rings. The standard InChI is InChI=1S/C15H19N3/c1-2-10-18(11-3-1)12-4-5-13-6-8-16-15-14(13)7-9-17-15/h4,6-9,12H,1-3,5,10-11H2,(H,16,17). The van der Waals surface area contributed by atoms with Gasteiger partial charge in [-0.25, -0.2) is 4.98 Å². The molecule has 1 aliphatic rings. The minimum absolute atomic E-state index is 0.980. The average Bonchev–Trinajstić information content (AvgIpc) is 2.89. The molecule has 1 fully saturated rings. The van der Waals surface area contributed by atoms with Gasteiger partial charge in [-0.1, -0.05) is 6.08 Å². The molecular weight excluding hydrogens is 222 g/mol. The Kier molecular flexibility index (Phi) is 3.31. The lowest BCUT2D eigenvalue weighted by molar-refractivity contribution is 0.309. The van der Waals surface area contributed by atoms with Crippen LogP contribution in [0, 0.1) is 0 Å². The molecule has 1 aliphatic heterocycles. The van der Waals surface area contributed by atoms with E-state index in [1.54, 1.807) is 0 Å². The molecule has 3 nitrogen and oxygen atoms in total. The lowest BCUT2D eigenvalue weighted by atomic mass is 10.1. The number of fused-ring (bicyclic) bond motifs is 1. The molecule has 0 aromatic carbocycles. The number of likely N-dealkylation sites (tertiary alicyclic amines) is 1. The third-order valence-electron chi connectivity index (χ3n) is 3.60. The van der Waals surface area contributed by atoms with Gasteiger partial charge in [0.25, 0.3) is 0 Å². The maximum Gasteiger partial charge on any atom is 0.137 e. The lowest BCUT2D eigenvalue weighted by Gasteiger charge is -2.24. The second kappa shape index (κ2) is 5.25. The number of nitrogens with one attached hydrogen (secondary N) is 1. The molecule has 18 heavy (non-hydrogen) atoms. The van der Waals surface area contributed by atoms with Crippen molar-refractivity contribution in [3.8, 4) is 0 Å². The minimum Gasteiger partial charge on any atom is -0.378 e. The molecule has 0 bridgehead atoms. The Hall–Kier alpha value is -1.77. The van der Waals surface area contributed by atoms with Crippen molar-refractivity contribution in [2.45, 2.75) is 25.7 Å². The monoisotopic (exact) mass is 241 g/mol. The Balaban J connectivity index is 1.68. The summed E-state index contributed by atoms with van der Waals surface area (Å²) in [5, 5.41) is 1.24. The van der Waals surface area contributed by atoms with Crippen LogP contribution in [0.4, 0.5) is 0 Å². The summed E-state index contributed by atoms with van der Waals surface area (Å²) in [6, 6.07) is 4.21. The van der Waals surface area contributed by atoms with Crippen LogP contribution in [-0.4, -0.2) is 28.0 Å². The molecule has 0 atom stereocenters. The van der Waals surface area contributed by atoms with E-state index in [4.69, 9.17) is 0 Å². The summed E-state index contributed by atoms with van der Waals surface area (Å²) in [7, 11) is 0. The summed E-state index contributed by atoms with van der Waals surface area (Å²) in [5.74, 6) is 0. The van der Waals surface area contributed by atoms with Crippen LogP contribution < -0.4 is 0 Å². The van der Waals surface area contributed by atoms with Gasteiger partial charge in [-0.15, -0.1) is 0 Å². The number of hydrogen-bond donors (Lipinski definition) is 1. The predicted octanol–water partition coefficient (Wildman–Crippen LogP) is 3.11. The normalized spacial score (nSPS) is 16.8. The molecule has 1 saturated heterocycles. The van der Waals surface area contributed by atoms with Gasteiger partial charge in [0.2, 0.25) is 0 Å². The smallest absolute Gasteiger partial charge is 0.137 e. The highest BCUT2D eigenvalue weighted by atomic mass is 15.1. The van der Waals surface area contributed by atoms with Gasteiger partial charge < -0.3 is 9.88 Å². The van der Waals surface area contributed by atoms with Crippen LogP contribution in [0.3, 0.4) is 0 Å². The molecule has 0 saturated carbocycles. The predicted molar refractivity (Wildman–Crippen MR) is 74.4 cm³/mol. The molecule has 3 rings (SSSR count). The first-order valence-corrected chi connectivity index (χ1v) is 6.75. The van der Waals surface area contributed by atoms with E-state index in [-0.39, 0.29) is 0 Å². The van der Waals surface area contributed by atoms with E-state index >= 15 is 0 Å². The number of aromatic nitrogens is 2. The van der Waals surface area contributed by atoms with Gasteiger partial charge in [0, 0.05) is 30.9 Å². The number of allylic oxidation sites excluding steroid dienone is 1. The molecule has 0 amide bonds. The molecule has 94 valence electrons. The highest BCUT2D eigenvalue weighted by molar-refractivity contribution is 5.79. The molecule has 1 N–H and O–H groups in total. The molecule has 2 aromatic heterocycles. The first-order chi connectivity index (χ1) is 8.93. The summed E-state index contributed by atoms with van der Waals surface area (Å²) < 4.78 is 0. The minimum atomic E-state index is 0.980. The third-order valence-corrected chi connectivity index (χ3v) is 3.60. The van der Waals surface area contributed by atoms with Crippen LogP contribution in [-0.2, 0) is 6.42 Å². The molecule has 0 unspecified atom stereocenters. The maximum absolute atomic E-state index is 4.31. The van der Waals surface area contributed by atoms with Gasteiger partial charge >= 0.3 is 0 Å². The van der Waals surface area contributed by atoms with E-state index in [2.05, 4.69) is 39.3 Å². The first-order valence-electron chi connectivity index (χ1n) is 6.75. The van der Waals surface area contributed by atoms with Crippen LogP contribution in [0.2, 0.25) is 0 Å². The second-order valence-electron chi connectivity index (χ2n) is 4.90. The number of rotatable bonds is 3. The summed E-state index contributed by atoms with van der Waals surface area (Å²) in [6.07, 6.45) is 13.4. The van der Waals surface area contributed by atoms with Crippen molar-refractivity contribution in [3.63, 3.8) is 0 Å². The van der Waals surface area contributed by atoms with Gasteiger partial charge in [-0.3, -0.25) is 0 Å². The van der Waals surface area contributed by atoms with E-state index in [0.29, 0.717) is 0 Å². The van der Waals surface area contributed by atoms with Crippen molar-refractivity contribution < 1.29 is 0 Å². The Labute approximate surface area is 108 Å². The Bertz CT molecular complexity index is 535. The Morgan fingerprint density at radius 3 is 3.00 bits per heavy atom. The largest absolute Gasteiger partial charge is 0.378 e. The van der Waals surface area contributed by atoms with Crippen LogP contribution in [0.5, 0.6) is 0 Å². The Morgan fingerprint density at radius 1 is 1.22 bits per heavy atom. The SMILES string of the molecule is C(=CN1CCCCC1)Cc1ccnc2[nH]ccc12. The molecule has 3 heteroatoms. The van der Waals surface area contributed by atoms with Gasteiger partial charge in [0.05, 0.1) is 0 Å². The van der Waals surface area contributed by atoms with Crippen molar-refractivity contribution in [3.05, 3.63) is 42.4 Å². The molecular formula is C15H19N3. The van der Waals surface area contributed by atoms with Crippen molar-refractivity contribution in [2.75, 3.05) is 13.1 Å². The van der Waals surface area contributed by atoms with Crippen molar-refractivity contribution in [1.82, 2.24) is 14.9 Å². The number of piperidine rings is 1. The zero-order chi connectivity index (χ0) is 12.2. The fraction of sp³-hybridized carbons (Fsp3) is 0.400. The highest BCUT2D eigenvalue weighted by Gasteiger charge is 2.05. The van der Waals surface area contributed by atoms with E-state index < -0.39 is 0 Å². The summed E-state index contributed by atoms with van der Waals surface area (Å²) in [5.41, 5.74) is 2.33. The number of pyridine rings is 1. The van der Waals surface area contributed by atoms with Crippen LogP contribution in [0.25, 0.3) is 11.0 Å². The van der Waals surface area contributed by atoms with Crippen LogP contribution in [0.1, 0.15) is 24.8 Å². The van der Waals surface area contributed by atoms with Gasteiger partial charge in [0.15, 0.2) is 0 Å². The fourth-order valence-electron chi connectivity index (χ4n) is 2.59. The summed E-state index contributed by atoms with van der Waals surface area (Å²) >= 11 is 0. The van der Waals surface area contributed by atoms with Crippen molar-refractivity contribution in [2.24, 2.45) is 0 Å². The van der Waals surface area contributed by atoms with E-state index in [9.17, 15) is 0 Å². The summed E-state index contributed by atoms with van der Waals surface area (Å²) in [4.78, 5) is 9.89. The van der Waals surface area contributed by atoms with Gasteiger partial charge in [0.1, 0.15) is 5.65 Å². The molecule has 0 spiro atoms. The van der Waals surface area contributed by atoms with Crippen molar-refractivity contribution in [1.29, 1.82) is 0 Å². The van der Waals surface area contributed by atoms with E-state index in [1.807, 2.05) is 12.4 Å². The van der Waals surface area contributed by atoms with Crippen LogP contribution in [0.15, 0.2) is 36.8 Å². The topological polar surface area (TPSA) is 31.9 Å². The lowest BCUT2D eigenvalue weighted by Crippen LogP contribution is -2.24. The van der Waals surface area contributed by atoms with E-state index in [0.717, 1.165) is 12.1 Å². The zero-order valence-electron chi connectivity index (χ0n) is 10.6. The maximum atomic E-state index is 4.31. The first kappa shape index (κ1) is 11.3. The quantitative estimate of drug-likeness (QED) is 0.895. The number of hydrogen-bond acceptors (Lipinski definition) is 2. The van der Waals surface area contributed by atoms with Gasteiger partial charge in [-0.2, -0.15) is 0 Å². The third kappa shape index (κ3) is 2.40.